The Morgan fingerprint density at radius 1 is 0.429 bits per heavy atom. The second kappa shape index (κ2) is 9.47. The second-order valence-electron chi connectivity index (χ2n) is 5.72. The monoisotopic (exact) mass is 382 g/mol. The van der Waals surface area contributed by atoms with Gasteiger partial charge in [0.15, 0.2) is 23.0 Å². The molecule has 0 aliphatic rings. The topological polar surface area (TPSA) is 142 Å². The molecule has 0 fully saturated rings. The zero-order valence-corrected chi connectivity index (χ0v) is 14.6. The molecule has 0 unspecified atom stereocenters. The van der Waals surface area contributed by atoms with E-state index < -0.39 is 7.32 Å². The maximum Gasteiger partial charge on any atom is 0.631 e. The Balaban J connectivity index is 0.000000169. The molecule has 0 aromatic heterocycles. The SMILES string of the molecule is OB(O)O.Oc1cc2ccccc2cc1O.Oc1cc2ccccc2cc1O. The van der Waals surface area contributed by atoms with Gasteiger partial charge in [-0.2, -0.15) is 0 Å². The molecule has 0 heterocycles. The summed E-state index contributed by atoms with van der Waals surface area (Å²) < 4.78 is 0. The lowest BCUT2D eigenvalue weighted by molar-refractivity contribution is 0.278. The predicted molar refractivity (Wildman–Crippen MR) is 107 cm³/mol. The zero-order chi connectivity index (χ0) is 20.7. The van der Waals surface area contributed by atoms with Gasteiger partial charge in [0.05, 0.1) is 0 Å². The number of aromatic hydroxyl groups is 4. The molecular weight excluding hydrogens is 363 g/mol. The van der Waals surface area contributed by atoms with Gasteiger partial charge in [-0.1, -0.05) is 48.5 Å². The first-order chi connectivity index (χ1) is 13.3. The highest BCUT2D eigenvalue weighted by molar-refractivity contribution is 6.30. The Hall–Kier alpha value is -3.46. The third-order valence-corrected chi connectivity index (χ3v) is 3.69. The van der Waals surface area contributed by atoms with E-state index in [1.807, 2.05) is 48.5 Å². The number of phenolic OH excluding ortho intramolecular Hbond substituents is 4. The Morgan fingerprint density at radius 2 is 0.607 bits per heavy atom. The van der Waals surface area contributed by atoms with Gasteiger partial charge in [0, 0.05) is 0 Å². The summed E-state index contributed by atoms with van der Waals surface area (Å²) in [7, 11) is -2.17. The van der Waals surface area contributed by atoms with Gasteiger partial charge in [-0.15, -0.1) is 0 Å². The number of phenols is 4. The smallest absolute Gasteiger partial charge is 0.504 e. The summed E-state index contributed by atoms with van der Waals surface area (Å²) in [5.41, 5.74) is 0. The summed E-state index contributed by atoms with van der Waals surface area (Å²) >= 11 is 0. The molecule has 4 rings (SSSR count). The first-order valence-corrected chi connectivity index (χ1v) is 8.13. The van der Waals surface area contributed by atoms with Gasteiger partial charge >= 0.3 is 7.32 Å². The molecule has 0 saturated carbocycles. The van der Waals surface area contributed by atoms with Crippen molar-refractivity contribution in [3.8, 4) is 23.0 Å². The van der Waals surface area contributed by atoms with Crippen LogP contribution in [0.1, 0.15) is 0 Å². The summed E-state index contributed by atoms with van der Waals surface area (Å²) in [6.07, 6.45) is 0. The van der Waals surface area contributed by atoms with E-state index in [1.165, 1.54) is 0 Å². The summed E-state index contributed by atoms with van der Waals surface area (Å²) in [6, 6.07) is 21.3. The average Bonchev–Trinajstić information content (AvgIpc) is 2.64. The second-order valence-corrected chi connectivity index (χ2v) is 5.72. The van der Waals surface area contributed by atoms with Crippen molar-refractivity contribution >= 4 is 28.9 Å². The van der Waals surface area contributed by atoms with Crippen molar-refractivity contribution in [2.75, 3.05) is 0 Å². The quantitative estimate of drug-likeness (QED) is 0.183. The molecule has 7 N–H and O–H groups in total. The molecule has 4 aromatic carbocycles. The fourth-order valence-corrected chi connectivity index (χ4v) is 2.43. The van der Waals surface area contributed by atoms with Crippen molar-refractivity contribution in [1.29, 1.82) is 0 Å². The average molecular weight is 382 g/mol. The molecule has 0 amide bonds. The molecule has 0 aliphatic carbocycles. The number of benzene rings is 4. The van der Waals surface area contributed by atoms with Crippen LogP contribution in [0.25, 0.3) is 21.5 Å². The minimum absolute atomic E-state index is 0.0753. The summed E-state index contributed by atoms with van der Waals surface area (Å²) in [5.74, 6) is -0.301. The molecule has 0 aliphatic heterocycles. The zero-order valence-electron chi connectivity index (χ0n) is 14.6. The molecule has 7 nitrogen and oxygen atoms in total. The van der Waals surface area contributed by atoms with Crippen molar-refractivity contribution in [3.63, 3.8) is 0 Å². The normalized spacial score (nSPS) is 9.82. The maximum atomic E-state index is 9.17. The molecule has 0 spiro atoms. The lowest BCUT2D eigenvalue weighted by atomic mass is 10.1. The Labute approximate surface area is 160 Å². The van der Waals surface area contributed by atoms with Crippen LogP contribution >= 0.6 is 0 Å². The van der Waals surface area contributed by atoms with E-state index in [4.69, 9.17) is 35.5 Å². The number of fused-ring (bicyclic) bond motifs is 2. The number of rotatable bonds is 0. The fraction of sp³-hybridized carbons (Fsp3) is 0. The molecule has 144 valence electrons. The Morgan fingerprint density at radius 3 is 0.786 bits per heavy atom. The summed E-state index contributed by atoms with van der Waals surface area (Å²) in [5, 5.41) is 61.9. The van der Waals surface area contributed by atoms with E-state index in [0.29, 0.717) is 0 Å². The highest BCUT2D eigenvalue weighted by Crippen LogP contribution is 2.30. The van der Waals surface area contributed by atoms with Crippen LogP contribution in [-0.4, -0.2) is 42.8 Å². The van der Waals surface area contributed by atoms with Crippen LogP contribution in [0.4, 0.5) is 0 Å². The van der Waals surface area contributed by atoms with Crippen LogP contribution in [0, 0.1) is 0 Å². The van der Waals surface area contributed by atoms with Crippen molar-refractivity contribution < 1.29 is 35.5 Å². The van der Waals surface area contributed by atoms with Gasteiger partial charge in [-0.25, -0.2) is 0 Å². The van der Waals surface area contributed by atoms with E-state index >= 15 is 0 Å². The van der Waals surface area contributed by atoms with Crippen LogP contribution in [-0.2, 0) is 0 Å². The Kier molecular flexibility index (Phi) is 7.05. The Bertz CT molecular complexity index is 900. The maximum absolute atomic E-state index is 9.17. The number of hydrogen-bond donors (Lipinski definition) is 7. The van der Waals surface area contributed by atoms with Gasteiger partial charge in [0.2, 0.25) is 0 Å². The molecule has 0 bridgehead atoms. The third-order valence-electron chi connectivity index (χ3n) is 3.69. The van der Waals surface area contributed by atoms with E-state index in [2.05, 4.69) is 0 Å². The first-order valence-electron chi connectivity index (χ1n) is 8.13. The largest absolute Gasteiger partial charge is 0.631 e. The van der Waals surface area contributed by atoms with E-state index in [1.54, 1.807) is 24.3 Å². The highest BCUT2D eigenvalue weighted by atomic mass is 16.5. The molecule has 4 aromatic rings. The van der Waals surface area contributed by atoms with Gasteiger partial charge in [0.25, 0.3) is 0 Å². The van der Waals surface area contributed by atoms with Gasteiger partial charge in [-0.05, 0) is 45.8 Å². The molecule has 0 atom stereocenters. The lowest BCUT2D eigenvalue weighted by Crippen LogP contribution is -2.07. The van der Waals surface area contributed by atoms with Gasteiger partial charge < -0.3 is 35.5 Å². The lowest BCUT2D eigenvalue weighted by Gasteiger charge is -2.00. The van der Waals surface area contributed by atoms with Crippen LogP contribution in [0.3, 0.4) is 0 Å². The predicted octanol–water partition coefficient (Wildman–Crippen LogP) is 2.45. The van der Waals surface area contributed by atoms with E-state index in [9.17, 15) is 0 Å². The van der Waals surface area contributed by atoms with Gasteiger partial charge in [-0.3, -0.25) is 0 Å². The van der Waals surface area contributed by atoms with Crippen LogP contribution < -0.4 is 0 Å². The van der Waals surface area contributed by atoms with Crippen molar-refractivity contribution in [1.82, 2.24) is 0 Å². The minimum atomic E-state index is -2.17. The van der Waals surface area contributed by atoms with E-state index in [0.717, 1.165) is 21.5 Å². The third kappa shape index (κ3) is 5.78. The van der Waals surface area contributed by atoms with E-state index in [-0.39, 0.29) is 23.0 Å². The van der Waals surface area contributed by atoms with Crippen molar-refractivity contribution in [2.24, 2.45) is 0 Å². The molecular formula is C20H19BO7. The van der Waals surface area contributed by atoms with Gasteiger partial charge in [0.1, 0.15) is 0 Å². The molecule has 0 radical (unpaired) electrons. The highest BCUT2D eigenvalue weighted by Gasteiger charge is 2.00. The molecule has 28 heavy (non-hydrogen) atoms. The fourth-order valence-electron chi connectivity index (χ4n) is 2.43. The standard InChI is InChI=1S/2C10H8O2.BH3O3/c2*11-9-5-7-3-1-2-4-8(7)6-10(9)12;2-1(3)4/h2*1-6,11-12H;2-4H. The van der Waals surface area contributed by atoms with Crippen molar-refractivity contribution in [3.05, 3.63) is 72.8 Å². The van der Waals surface area contributed by atoms with Crippen LogP contribution in [0.2, 0.25) is 0 Å². The molecule has 8 heteroatoms. The summed E-state index contributed by atoms with van der Waals surface area (Å²) in [6.45, 7) is 0. The number of hydrogen-bond acceptors (Lipinski definition) is 7. The minimum Gasteiger partial charge on any atom is -0.504 e. The summed E-state index contributed by atoms with van der Waals surface area (Å²) in [4.78, 5) is 0. The van der Waals surface area contributed by atoms with Crippen LogP contribution in [0.5, 0.6) is 23.0 Å². The first kappa shape index (κ1) is 20.9. The molecule has 0 saturated heterocycles. The van der Waals surface area contributed by atoms with Crippen molar-refractivity contribution in [2.45, 2.75) is 0 Å². The van der Waals surface area contributed by atoms with Crippen LogP contribution in [0.15, 0.2) is 72.8 Å².